The van der Waals surface area contributed by atoms with E-state index in [1.807, 2.05) is 0 Å². The summed E-state index contributed by atoms with van der Waals surface area (Å²) in [5.74, 6) is -0.101. The highest BCUT2D eigenvalue weighted by Gasteiger charge is 2.14. The fraction of sp³-hybridized carbons (Fsp3) is 0.143. The van der Waals surface area contributed by atoms with Gasteiger partial charge in [0.05, 0.1) is 12.1 Å². The predicted octanol–water partition coefficient (Wildman–Crippen LogP) is 2.52. The van der Waals surface area contributed by atoms with E-state index in [4.69, 9.17) is 16.3 Å². The monoisotopic (exact) mass is 252 g/mol. The minimum Gasteiger partial charge on any atom is -0.505 e. The second-order valence-corrected chi connectivity index (χ2v) is 3.27. The molecule has 0 bridgehead atoms. The van der Waals surface area contributed by atoms with Crippen molar-refractivity contribution < 1.29 is 14.9 Å². The molecular weight excluding hydrogens is 247 g/mol. The maximum Gasteiger partial charge on any atom is 0.178 e. The summed E-state index contributed by atoms with van der Waals surface area (Å²) in [7, 11) is 1.38. The van der Waals surface area contributed by atoms with Crippen molar-refractivity contribution in [2.75, 3.05) is 7.11 Å². The van der Waals surface area contributed by atoms with E-state index >= 15 is 0 Å². The molecule has 12 heavy (non-hydrogen) atoms. The van der Waals surface area contributed by atoms with E-state index in [0.29, 0.717) is 0 Å². The molecule has 0 atom stereocenters. The summed E-state index contributed by atoms with van der Waals surface area (Å²) in [4.78, 5) is 0. The van der Waals surface area contributed by atoms with Gasteiger partial charge in [-0.15, -0.1) is 0 Å². The highest BCUT2D eigenvalue weighted by atomic mass is 79.9. The highest BCUT2D eigenvalue weighted by molar-refractivity contribution is 9.10. The van der Waals surface area contributed by atoms with Crippen molar-refractivity contribution in [2.45, 2.75) is 0 Å². The third kappa shape index (κ3) is 1.44. The van der Waals surface area contributed by atoms with Crippen LogP contribution in [-0.4, -0.2) is 17.3 Å². The van der Waals surface area contributed by atoms with E-state index in [-0.39, 0.29) is 26.7 Å². The van der Waals surface area contributed by atoms with Crippen LogP contribution in [-0.2, 0) is 0 Å². The van der Waals surface area contributed by atoms with Gasteiger partial charge in [-0.3, -0.25) is 0 Å². The molecule has 0 unspecified atom stereocenters. The van der Waals surface area contributed by atoms with Crippen LogP contribution in [0.2, 0.25) is 5.02 Å². The Hall–Kier alpha value is -0.610. The third-order valence-electron chi connectivity index (χ3n) is 1.33. The smallest absolute Gasteiger partial charge is 0.178 e. The van der Waals surface area contributed by atoms with Crippen LogP contribution in [0.1, 0.15) is 0 Å². The van der Waals surface area contributed by atoms with Gasteiger partial charge in [0.25, 0.3) is 0 Å². The second-order valence-electron chi connectivity index (χ2n) is 2.07. The zero-order chi connectivity index (χ0) is 9.30. The molecule has 3 nitrogen and oxygen atoms in total. The fourth-order valence-corrected chi connectivity index (χ4v) is 1.66. The summed E-state index contributed by atoms with van der Waals surface area (Å²) in [6.45, 7) is 0. The zero-order valence-corrected chi connectivity index (χ0v) is 8.48. The maximum absolute atomic E-state index is 9.27. The van der Waals surface area contributed by atoms with Crippen molar-refractivity contribution in [3.05, 3.63) is 15.6 Å². The summed E-state index contributed by atoms with van der Waals surface area (Å²) in [6, 6.07) is 1.21. The Bertz CT molecular complexity index is 314. The largest absolute Gasteiger partial charge is 0.505 e. The first-order chi connectivity index (χ1) is 5.57. The van der Waals surface area contributed by atoms with Crippen LogP contribution in [0.5, 0.6) is 17.2 Å². The van der Waals surface area contributed by atoms with Crippen molar-refractivity contribution in [3.8, 4) is 17.2 Å². The van der Waals surface area contributed by atoms with Crippen LogP contribution in [0.4, 0.5) is 0 Å². The van der Waals surface area contributed by atoms with E-state index in [1.54, 1.807) is 0 Å². The zero-order valence-electron chi connectivity index (χ0n) is 6.14. The first-order valence-electron chi connectivity index (χ1n) is 3.01. The van der Waals surface area contributed by atoms with Crippen LogP contribution in [0, 0.1) is 0 Å². The Balaban J connectivity index is 3.40. The van der Waals surface area contributed by atoms with Crippen LogP contribution in [0.25, 0.3) is 0 Å². The van der Waals surface area contributed by atoms with Gasteiger partial charge in [-0.1, -0.05) is 11.6 Å². The van der Waals surface area contributed by atoms with E-state index in [2.05, 4.69) is 15.9 Å². The molecule has 0 fully saturated rings. The number of methoxy groups -OCH3 is 1. The highest BCUT2D eigenvalue weighted by Crippen LogP contribution is 2.44. The van der Waals surface area contributed by atoms with E-state index < -0.39 is 0 Å². The first-order valence-corrected chi connectivity index (χ1v) is 4.19. The molecule has 0 aliphatic heterocycles. The molecule has 0 aliphatic rings. The van der Waals surface area contributed by atoms with Gasteiger partial charge in [0.1, 0.15) is 4.47 Å². The van der Waals surface area contributed by atoms with Crippen molar-refractivity contribution >= 4 is 27.5 Å². The van der Waals surface area contributed by atoms with Crippen molar-refractivity contribution in [3.63, 3.8) is 0 Å². The first kappa shape index (κ1) is 9.48. The number of hydrogen-bond acceptors (Lipinski definition) is 3. The average Bonchev–Trinajstić information content (AvgIpc) is 2.01. The van der Waals surface area contributed by atoms with Crippen LogP contribution < -0.4 is 4.74 Å². The molecule has 0 amide bonds. The average molecular weight is 253 g/mol. The van der Waals surface area contributed by atoms with Crippen LogP contribution in [0.15, 0.2) is 10.5 Å². The van der Waals surface area contributed by atoms with Gasteiger partial charge in [-0.25, -0.2) is 0 Å². The maximum atomic E-state index is 9.27. The molecule has 0 radical (unpaired) electrons. The molecule has 0 spiro atoms. The Kier molecular flexibility index (Phi) is 2.69. The van der Waals surface area contributed by atoms with Gasteiger partial charge >= 0.3 is 0 Å². The lowest BCUT2D eigenvalue weighted by Crippen LogP contribution is -1.86. The predicted molar refractivity (Wildman–Crippen MR) is 49.0 cm³/mol. The van der Waals surface area contributed by atoms with Gasteiger partial charge in [0, 0.05) is 6.07 Å². The van der Waals surface area contributed by atoms with Gasteiger partial charge < -0.3 is 14.9 Å². The number of rotatable bonds is 1. The van der Waals surface area contributed by atoms with Gasteiger partial charge in [-0.05, 0) is 15.9 Å². The standard InChI is InChI=1S/C7H6BrClO3/c1-12-7-4(10)2-3(9)6(11)5(7)8/h2,10-11H,1H3. The van der Waals surface area contributed by atoms with Crippen molar-refractivity contribution in [1.82, 2.24) is 0 Å². The number of aromatic hydroxyl groups is 2. The number of halogens is 2. The van der Waals surface area contributed by atoms with Crippen LogP contribution >= 0.6 is 27.5 Å². The molecular formula is C7H6BrClO3. The topological polar surface area (TPSA) is 49.7 Å². The summed E-state index contributed by atoms with van der Waals surface area (Å²) in [5.41, 5.74) is 0. The minimum atomic E-state index is -0.147. The fourth-order valence-electron chi connectivity index (χ4n) is 0.773. The van der Waals surface area contributed by atoms with Crippen molar-refractivity contribution in [2.24, 2.45) is 0 Å². The van der Waals surface area contributed by atoms with Gasteiger partial charge in [0.2, 0.25) is 0 Å². The van der Waals surface area contributed by atoms with E-state index in [0.717, 1.165) is 0 Å². The van der Waals surface area contributed by atoms with Crippen LogP contribution in [0.3, 0.4) is 0 Å². The van der Waals surface area contributed by atoms with E-state index in [1.165, 1.54) is 13.2 Å². The lowest BCUT2D eigenvalue weighted by Gasteiger charge is -2.07. The molecule has 1 aromatic rings. The summed E-state index contributed by atoms with van der Waals surface area (Å²) >= 11 is 8.58. The molecule has 66 valence electrons. The van der Waals surface area contributed by atoms with E-state index in [9.17, 15) is 10.2 Å². The molecule has 5 heteroatoms. The number of ether oxygens (including phenoxy) is 1. The quantitative estimate of drug-likeness (QED) is 0.756. The molecule has 2 N–H and O–H groups in total. The number of phenols is 2. The summed E-state index contributed by atoms with van der Waals surface area (Å²) in [6.07, 6.45) is 0. The lowest BCUT2D eigenvalue weighted by atomic mass is 10.3. The lowest BCUT2D eigenvalue weighted by molar-refractivity contribution is 0.365. The summed E-state index contributed by atoms with van der Waals surface area (Å²) in [5, 5.41) is 18.6. The Labute approximate surface area is 82.7 Å². The molecule has 1 rings (SSSR count). The molecule has 1 aromatic carbocycles. The Morgan fingerprint density at radius 3 is 2.58 bits per heavy atom. The van der Waals surface area contributed by atoms with Crippen molar-refractivity contribution in [1.29, 1.82) is 0 Å². The molecule has 0 aromatic heterocycles. The second kappa shape index (κ2) is 3.41. The number of hydrogen-bond donors (Lipinski definition) is 2. The SMILES string of the molecule is COc1c(O)cc(Cl)c(O)c1Br. The minimum absolute atomic E-state index is 0.0696. The third-order valence-corrected chi connectivity index (χ3v) is 2.36. The molecule has 0 saturated carbocycles. The number of benzene rings is 1. The Morgan fingerprint density at radius 1 is 1.50 bits per heavy atom. The molecule has 0 heterocycles. The Morgan fingerprint density at radius 2 is 2.08 bits per heavy atom. The molecule has 0 saturated heterocycles. The van der Waals surface area contributed by atoms with Gasteiger partial charge in [0.15, 0.2) is 17.2 Å². The summed E-state index contributed by atoms with van der Waals surface area (Å²) < 4.78 is 5.04. The normalized spacial score (nSPS) is 9.92. The number of phenolic OH excluding ortho intramolecular Hbond substituents is 2. The molecule has 0 aliphatic carbocycles. The van der Waals surface area contributed by atoms with Gasteiger partial charge in [-0.2, -0.15) is 0 Å².